The van der Waals surface area contributed by atoms with Crippen molar-refractivity contribution in [2.24, 2.45) is 21.5 Å². The van der Waals surface area contributed by atoms with Crippen molar-refractivity contribution in [3.05, 3.63) is 17.7 Å². The summed E-state index contributed by atoms with van der Waals surface area (Å²) in [5.74, 6) is -6.67. The number of guanidine groups is 2. The maximum atomic E-state index is 12.8. The number of amides is 3. The third-order valence-corrected chi connectivity index (χ3v) is 6.72. The number of rotatable bonds is 4. The molecule has 0 radical (unpaired) electrons. The number of nitrogens with zero attached hydrogens (tertiary/aromatic N) is 5. The van der Waals surface area contributed by atoms with Crippen LogP contribution in [0.15, 0.2) is 16.2 Å². The topological polar surface area (TPSA) is 228 Å². The van der Waals surface area contributed by atoms with Crippen molar-refractivity contribution in [1.82, 2.24) is 30.4 Å². The van der Waals surface area contributed by atoms with E-state index < -0.39 is 65.0 Å². The molecule has 4 aliphatic rings. The minimum Gasteiger partial charge on any atom is -0.370 e. The van der Waals surface area contributed by atoms with Gasteiger partial charge in [-0.05, 0) is 0 Å². The van der Waals surface area contributed by atoms with Gasteiger partial charge in [-0.1, -0.05) is 0 Å². The first-order chi connectivity index (χ1) is 16.8. The molecule has 2 saturated heterocycles. The molecule has 15 nitrogen and oxygen atoms in total. The zero-order valence-corrected chi connectivity index (χ0v) is 18.3. The average Bonchev–Trinajstić information content (AvgIpc) is 3.52. The van der Waals surface area contributed by atoms with Crippen molar-refractivity contribution in [3.63, 3.8) is 0 Å². The molecule has 5 heterocycles. The number of H-pyrrole nitrogens is 1. The van der Waals surface area contributed by atoms with Gasteiger partial charge in [0.25, 0.3) is 5.91 Å². The first-order valence-corrected chi connectivity index (χ1v) is 10.7. The molecule has 3 amide bonds. The Kier molecular flexibility index (Phi) is 4.98. The summed E-state index contributed by atoms with van der Waals surface area (Å²) in [6.07, 6.45) is -4.12. The average molecular weight is 514 g/mol. The maximum absolute atomic E-state index is 12.8. The van der Waals surface area contributed by atoms with Crippen molar-refractivity contribution in [2.45, 2.75) is 48.6 Å². The smallest absolute Gasteiger partial charge is 0.370 e. The lowest BCUT2D eigenvalue weighted by Crippen LogP contribution is -2.78. The zero-order valence-electron chi connectivity index (χ0n) is 18.3. The first-order valence-electron chi connectivity index (χ1n) is 10.7. The van der Waals surface area contributed by atoms with Crippen molar-refractivity contribution in [3.8, 4) is 0 Å². The number of aliphatic hydroxyl groups is 2. The highest BCUT2D eigenvalue weighted by Crippen LogP contribution is 2.45. The van der Waals surface area contributed by atoms with E-state index in [9.17, 15) is 37.8 Å². The molecular weight excluding hydrogens is 493 g/mol. The Morgan fingerprint density at radius 3 is 2.50 bits per heavy atom. The van der Waals surface area contributed by atoms with E-state index >= 15 is 0 Å². The lowest BCUT2D eigenvalue weighted by molar-refractivity contribution is -0.230. The number of carbonyl (C=O) groups is 3. The number of halogens is 3. The molecule has 36 heavy (non-hydrogen) atoms. The highest BCUT2D eigenvalue weighted by Gasteiger charge is 2.73. The van der Waals surface area contributed by atoms with E-state index in [0.29, 0.717) is 6.20 Å². The third kappa shape index (κ3) is 3.28. The SMILES string of the molecule is NC1=N[C@H]2[C@H](CN3C(=O)CCC3=O)N=C(N)N3C[C@H](NC(=O)c4cnc(C(F)(F)F)[nH]4)C(O)(O)C23N1. The second kappa shape index (κ2) is 7.53. The highest BCUT2D eigenvalue weighted by atomic mass is 19.4. The predicted octanol–water partition coefficient (Wildman–Crippen LogP) is -3.65. The van der Waals surface area contributed by atoms with E-state index in [0.717, 1.165) is 4.90 Å². The lowest BCUT2D eigenvalue weighted by atomic mass is 9.85. The Morgan fingerprint density at radius 2 is 1.89 bits per heavy atom. The Labute approximate surface area is 199 Å². The number of likely N-dealkylation sites (tertiary alicyclic amines) is 1. The van der Waals surface area contributed by atoms with Crippen LogP contribution in [0.2, 0.25) is 0 Å². The molecule has 1 unspecified atom stereocenters. The Bertz CT molecular complexity index is 1200. The molecule has 5 rings (SSSR count). The molecule has 1 aromatic rings. The summed E-state index contributed by atoms with van der Waals surface area (Å²) in [6.45, 7) is -0.604. The van der Waals surface area contributed by atoms with Gasteiger partial charge in [0.05, 0.1) is 18.8 Å². The van der Waals surface area contributed by atoms with Gasteiger partial charge in [0.15, 0.2) is 17.6 Å². The van der Waals surface area contributed by atoms with Gasteiger partial charge in [-0.25, -0.2) is 15.0 Å². The van der Waals surface area contributed by atoms with Gasteiger partial charge in [-0.2, -0.15) is 13.2 Å². The number of alkyl halides is 3. The lowest BCUT2D eigenvalue weighted by Gasteiger charge is -2.49. The van der Waals surface area contributed by atoms with E-state index in [2.05, 4.69) is 25.6 Å². The molecule has 0 aliphatic carbocycles. The largest absolute Gasteiger partial charge is 0.449 e. The van der Waals surface area contributed by atoms with Crippen LogP contribution in [0.3, 0.4) is 0 Å². The molecule has 1 spiro atoms. The standard InChI is InChI=1S/C18H21F3N10O5/c19-18(20,21)13-24-3-6(25-13)12(34)27-8-5-31-15(23)26-7(4-30-9(32)1-2-10(30)33)11-16(31,17(8,35)36)29-14(22)28-11/h3,7-8,11,35-36H,1-2,4-5H2,(H2,23,26)(H,24,25)(H,27,34)(H3,22,28,29)/t7-,8-,11-,16?/m0/s1. The van der Waals surface area contributed by atoms with Crippen molar-refractivity contribution >= 4 is 29.6 Å². The van der Waals surface area contributed by atoms with Crippen LogP contribution < -0.4 is 22.1 Å². The summed E-state index contributed by atoms with van der Waals surface area (Å²) in [5, 5.41) is 27.6. The van der Waals surface area contributed by atoms with Crippen LogP contribution in [0.5, 0.6) is 0 Å². The molecule has 2 fully saturated rings. The number of carbonyl (C=O) groups excluding carboxylic acids is 3. The molecule has 4 aliphatic heterocycles. The van der Waals surface area contributed by atoms with Crippen LogP contribution in [0.1, 0.15) is 29.2 Å². The van der Waals surface area contributed by atoms with Gasteiger partial charge in [-0.3, -0.25) is 19.3 Å². The van der Waals surface area contributed by atoms with Gasteiger partial charge in [0.2, 0.25) is 23.4 Å². The number of aliphatic imine (C=N–C) groups is 2. The minimum atomic E-state index is -4.82. The first kappa shape index (κ1) is 23.8. The summed E-state index contributed by atoms with van der Waals surface area (Å²) in [5.41, 5.74) is 9.43. The van der Waals surface area contributed by atoms with Gasteiger partial charge in [0.1, 0.15) is 17.8 Å². The Morgan fingerprint density at radius 1 is 1.22 bits per heavy atom. The number of imide groups is 1. The fraction of sp³-hybridized carbons (Fsp3) is 0.556. The molecule has 0 saturated carbocycles. The van der Waals surface area contributed by atoms with Crippen LogP contribution in [-0.2, 0) is 15.8 Å². The minimum absolute atomic E-state index is 0.0258. The zero-order chi connectivity index (χ0) is 26.2. The monoisotopic (exact) mass is 514 g/mol. The summed E-state index contributed by atoms with van der Waals surface area (Å²) >= 11 is 0. The molecule has 4 atom stereocenters. The van der Waals surface area contributed by atoms with E-state index in [1.165, 1.54) is 4.90 Å². The molecule has 9 N–H and O–H groups in total. The second-order valence-electron chi connectivity index (χ2n) is 8.81. The quantitative estimate of drug-likeness (QED) is 0.154. The number of imidazole rings is 1. The van der Waals surface area contributed by atoms with E-state index in [1.54, 1.807) is 0 Å². The van der Waals surface area contributed by atoms with Gasteiger partial charge in [0, 0.05) is 19.4 Å². The normalized spacial score (nSPS) is 31.1. The number of hydrogen-bond donors (Lipinski definition) is 7. The summed E-state index contributed by atoms with van der Waals surface area (Å²) in [4.78, 5) is 52.5. The predicted molar refractivity (Wildman–Crippen MR) is 111 cm³/mol. The number of aromatic nitrogens is 2. The van der Waals surface area contributed by atoms with Crippen LogP contribution >= 0.6 is 0 Å². The van der Waals surface area contributed by atoms with Gasteiger partial charge >= 0.3 is 6.18 Å². The molecule has 18 heteroatoms. The molecule has 0 bridgehead atoms. The van der Waals surface area contributed by atoms with Crippen molar-refractivity contribution < 1.29 is 37.8 Å². The van der Waals surface area contributed by atoms with Gasteiger partial charge < -0.3 is 42.2 Å². The summed E-state index contributed by atoms with van der Waals surface area (Å²) in [7, 11) is 0. The van der Waals surface area contributed by atoms with E-state index in [-0.39, 0.29) is 37.9 Å². The van der Waals surface area contributed by atoms with E-state index in [4.69, 9.17) is 11.5 Å². The molecule has 0 aromatic carbocycles. The Hall–Kier alpha value is -3.93. The number of hydrogen-bond acceptors (Lipinski definition) is 12. The van der Waals surface area contributed by atoms with Crippen LogP contribution in [-0.4, -0.2) is 102 Å². The second-order valence-corrected chi connectivity index (χ2v) is 8.81. The van der Waals surface area contributed by atoms with Crippen LogP contribution in [0.4, 0.5) is 13.2 Å². The maximum Gasteiger partial charge on any atom is 0.449 e. The van der Waals surface area contributed by atoms with Crippen molar-refractivity contribution in [2.75, 3.05) is 13.1 Å². The molecular formula is C18H21F3N10O5. The molecule has 1 aromatic heterocycles. The Balaban J connectivity index is 1.44. The fourth-order valence-electron chi connectivity index (χ4n) is 5.07. The van der Waals surface area contributed by atoms with E-state index in [1.807, 2.05) is 4.98 Å². The van der Waals surface area contributed by atoms with Crippen LogP contribution in [0.25, 0.3) is 0 Å². The van der Waals surface area contributed by atoms with Crippen LogP contribution in [0, 0.1) is 0 Å². The summed E-state index contributed by atoms with van der Waals surface area (Å²) in [6, 6.07) is -3.72. The van der Waals surface area contributed by atoms with Gasteiger partial charge in [-0.15, -0.1) is 0 Å². The van der Waals surface area contributed by atoms with Crippen molar-refractivity contribution in [1.29, 1.82) is 0 Å². The number of nitrogens with two attached hydrogens (primary N) is 2. The molecule has 194 valence electrons. The number of aromatic amines is 1. The fourth-order valence-corrected chi connectivity index (χ4v) is 5.07. The highest BCUT2D eigenvalue weighted by molar-refractivity contribution is 6.02. The third-order valence-electron chi connectivity index (χ3n) is 6.72. The summed E-state index contributed by atoms with van der Waals surface area (Å²) < 4.78 is 38.5. The number of nitrogens with one attached hydrogen (secondary N) is 3.